The zero-order valence-electron chi connectivity index (χ0n) is 35.6. The van der Waals surface area contributed by atoms with Gasteiger partial charge in [0.15, 0.2) is 6.29 Å². The molecule has 1 fully saturated rings. The fourth-order valence-corrected chi connectivity index (χ4v) is 6.09. The molecule has 0 radical (unpaired) electrons. The molecular weight excluding hydrogens is 721 g/mol. The van der Waals surface area contributed by atoms with E-state index < -0.39 is 43.4 Å². The van der Waals surface area contributed by atoms with Gasteiger partial charge < -0.3 is 39.4 Å². The highest BCUT2D eigenvalue weighted by Gasteiger charge is 2.44. The van der Waals surface area contributed by atoms with Crippen LogP contribution in [0.15, 0.2) is 85.1 Å². The molecule has 0 aromatic carbocycles. The van der Waals surface area contributed by atoms with Crippen molar-refractivity contribution in [3.05, 3.63) is 85.1 Å². The molecule has 1 aliphatic rings. The van der Waals surface area contributed by atoms with Crippen LogP contribution in [0.1, 0.15) is 149 Å². The minimum absolute atomic E-state index is 0.0964. The summed E-state index contributed by atoms with van der Waals surface area (Å²) >= 11 is 0. The molecule has 6 atom stereocenters. The number of allylic oxidation sites excluding steroid dienone is 14. The highest BCUT2D eigenvalue weighted by atomic mass is 16.7. The van der Waals surface area contributed by atoms with Gasteiger partial charge in [0.05, 0.1) is 19.8 Å². The van der Waals surface area contributed by atoms with Crippen LogP contribution in [0.5, 0.6) is 0 Å². The Morgan fingerprint density at radius 2 is 1.07 bits per heavy atom. The summed E-state index contributed by atoms with van der Waals surface area (Å²) in [5.74, 6) is -0.346. The molecule has 6 unspecified atom stereocenters. The van der Waals surface area contributed by atoms with Crippen molar-refractivity contribution in [2.45, 2.75) is 185 Å². The topological polar surface area (TPSA) is 135 Å². The molecule has 0 aliphatic carbocycles. The Labute approximate surface area is 346 Å². The highest BCUT2D eigenvalue weighted by molar-refractivity contribution is 5.69. The van der Waals surface area contributed by atoms with E-state index in [1.54, 1.807) is 0 Å². The third-order valence-corrected chi connectivity index (χ3v) is 9.55. The average Bonchev–Trinajstić information content (AvgIpc) is 3.21. The summed E-state index contributed by atoms with van der Waals surface area (Å²) in [5, 5.41) is 40.1. The molecule has 0 saturated carbocycles. The van der Waals surface area contributed by atoms with E-state index in [1.807, 2.05) is 0 Å². The lowest BCUT2D eigenvalue weighted by molar-refractivity contribution is -0.305. The minimum atomic E-state index is -1.55. The van der Waals surface area contributed by atoms with Gasteiger partial charge in [-0.25, -0.2) is 0 Å². The first-order chi connectivity index (χ1) is 27.9. The van der Waals surface area contributed by atoms with Crippen LogP contribution in [0.4, 0.5) is 0 Å². The second-order valence-electron chi connectivity index (χ2n) is 14.8. The molecule has 9 nitrogen and oxygen atoms in total. The van der Waals surface area contributed by atoms with Crippen LogP contribution in [0.25, 0.3) is 0 Å². The maximum absolute atomic E-state index is 12.8. The Morgan fingerprint density at radius 3 is 1.63 bits per heavy atom. The molecule has 326 valence electrons. The van der Waals surface area contributed by atoms with Gasteiger partial charge in [-0.3, -0.25) is 4.79 Å². The molecule has 0 amide bonds. The number of hydrogen-bond donors (Lipinski definition) is 4. The number of carbonyl (C=O) groups excluding carboxylic acids is 1. The van der Waals surface area contributed by atoms with E-state index in [1.165, 1.54) is 38.5 Å². The van der Waals surface area contributed by atoms with Gasteiger partial charge in [0.2, 0.25) is 0 Å². The van der Waals surface area contributed by atoms with Crippen LogP contribution in [-0.4, -0.2) is 89.6 Å². The summed E-state index contributed by atoms with van der Waals surface area (Å²) in [7, 11) is 0. The third-order valence-electron chi connectivity index (χ3n) is 9.55. The quantitative estimate of drug-likeness (QED) is 0.0278. The van der Waals surface area contributed by atoms with E-state index in [9.17, 15) is 25.2 Å². The number of ether oxygens (including phenoxy) is 4. The maximum atomic E-state index is 12.8. The SMILES string of the molecule is CC/C=C\C/C=C\C/C=C\C/C=C\C/C=C\C/C=C\CCCOCC(COC1OC(CO)C(O)C(O)C1O)OC(=O)CCCCCCC/C=C\CCCCCCC. The van der Waals surface area contributed by atoms with E-state index >= 15 is 0 Å². The van der Waals surface area contributed by atoms with Gasteiger partial charge in [0.25, 0.3) is 0 Å². The molecule has 1 rings (SSSR count). The Hall–Kier alpha value is -2.63. The molecule has 9 heteroatoms. The first kappa shape index (κ1) is 52.4. The van der Waals surface area contributed by atoms with Crippen molar-refractivity contribution in [2.75, 3.05) is 26.4 Å². The number of aliphatic hydroxyl groups excluding tert-OH is 4. The second-order valence-corrected chi connectivity index (χ2v) is 14.8. The van der Waals surface area contributed by atoms with Crippen molar-refractivity contribution in [1.29, 1.82) is 0 Å². The predicted octanol–water partition coefficient (Wildman–Crippen LogP) is 9.86. The lowest BCUT2D eigenvalue weighted by atomic mass is 9.99. The van der Waals surface area contributed by atoms with Crippen LogP contribution < -0.4 is 0 Å². The van der Waals surface area contributed by atoms with E-state index in [-0.39, 0.29) is 25.6 Å². The zero-order valence-corrected chi connectivity index (χ0v) is 35.6. The molecule has 0 aromatic heterocycles. The van der Waals surface area contributed by atoms with Crippen LogP contribution in [0.3, 0.4) is 0 Å². The lowest BCUT2D eigenvalue weighted by Crippen LogP contribution is -2.59. The van der Waals surface area contributed by atoms with Gasteiger partial charge >= 0.3 is 5.97 Å². The smallest absolute Gasteiger partial charge is 0.306 e. The van der Waals surface area contributed by atoms with Crippen molar-refractivity contribution in [1.82, 2.24) is 0 Å². The predicted molar refractivity (Wildman–Crippen MR) is 233 cm³/mol. The van der Waals surface area contributed by atoms with Gasteiger partial charge in [-0.2, -0.15) is 0 Å². The van der Waals surface area contributed by atoms with Gasteiger partial charge in [0, 0.05) is 13.0 Å². The molecule has 4 N–H and O–H groups in total. The molecule has 57 heavy (non-hydrogen) atoms. The van der Waals surface area contributed by atoms with Gasteiger partial charge in [0.1, 0.15) is 30.5 Å². The van der Waals surface area contributed by atoms with Gasteiger partial charge in [-0.05, 0) is 83.5 Å². The van der Waals surface area contributed by atoms with E-state index in [2.05, 4.69) is 98.9 Å². The molecular formula is C48H80O9. The van der Waals surface area contributed by atoms with Crippen LogP contribution in [0, 0.1) is 0 Å². The molecule has 1 aliphatic heterocycles. The Balaban J connectivity index is 2.34. The average molecular weight is 801 g/mol. The van der Waals surface area contributed by atoms with Crippen molar-refractivity contribution in [3.8, 4) is 0 Å². The number of rotatable bonds is 36. The standard InChI is InChI=1S/C48H80O9/c1-3-5-7-9-11-13-15-17-19-20-21-22-23-24-26-28-30-32-34-36-38-54-40-42(41-55-48-47(53)46(52)45(51)43(39-49)57-48)56-44(50)37-35-33-31-29-27-25-18-16-14-12-10-8-6-4-2/h5,7,11,13,16-19,21-22,24,26,30,32,42-43,45-49,51-53H,3-4,6,8-10,12,14-15,20,23,25,27-29,31,33-41H2,1-2H3/b7-5-,13-11-,18-16-,19-17-,22-21-,26-24-,32-30-. The second kappa shape index (κ2) is 38.9. The van der Waals surface area contributed by atoms with Crippen LogP contribution in [-0.2, 0) is 23.7 Å². The monoisotopic (exact) mass is 801 g/mol. The summed E-state index contributed by atoms with van der Waals surface area (Å²) in [5.41, 5.74) is 0. The molecule has 1 saturated heterocycles. The van der Waals surface area contributed by atoms with E-state index in [4.69, 9.17) is 18.9 Å². The Bertz CT molecular complexity index is 1140. The van der Waals surface area contributed by atoms with E-state index in [0.717, 1.165) is 89.9 Å². The largest absolute Gasteiger partial charge is 0.457 e. The molecule has 0 spiro atoms. The van der Waals surface area contributed by atoms with Crippen LogP contribution in [0.2, 0.25) is 0 Å². The number of esters is 1. The van der Waals surface area contributed by atoms with Crippen molar-refractivity contribution < 1.29 is 44.2 Å². The number of aliphatic hydroxyl groups is 4. The maximum Gasteiger partial charge on any atom is 0.306 e. The number of unbranched alkanes of at least 4 members (excludes halogenated alkanes) is 11. The van der Waals surface area contributed by atoms with Crippen molar-refractivity contribution in [2.24, 2.45) is 0 Å². The van der Waals surface area contributed by atoms with Crippen LogP contribution >= 0.6 is 0 Å². The fraction of sp³-hybridized carbons (Fsp3) is 0.688. The normalized spacial score (nSPS) is 21.3. The highest BCUT2D eigenvalue weighted by Crippen LogP contribution is 2.22. The summed E-state index contributed by atoms with van der Waals surface area (Å²) < 4.78 is 22.7. The third kappa shape index (κ3) is 30.1. The summed E-state index contributed by atoms with van der Waals surface area (Å²) in [6.45, 7) is 4.25. The van der Waals surface area contributed by atoms with Gasteiger partial charge in [-0.15, -0.1) is 0 Å². The Kier molecular flexibility index (Phi) is 35.7. The summed E-state index contributed by atoms with van der Waals surface area (Å²) in [6, 6.07) is 0. The first-order valence-electron chi connectivity index (χ1n) is 22.2. The first-order valence-corrected chi connectivity index (χ1v) is 22.2. The van der Waals surface area contributed by atoms with Gasteiger partial charge in [-0.1, -0.05) is 144 Å². The lowest BCUT2D eigenvalue weighted by Gasteiger charge is -2.39. The Morgan fingerprint density at radius 1 is 0.579 bits per heavy atom. The summed E-state index contributed by atoms with van der Waals surface area (Å²) in [4.78, 5) is 12.8. The number of hydrogen-bond acceptors (Lipinski definition) is 9. The summed E-state index contributed by atoms with van der Waals surface area (Å²) in [6.07, 6.45) is 44.7. The zero-order chi connectivity index (χ0) is 41.4. The van der Waals surface area contributed by atoms with E-state index in [0.29, 0.717) is 6.61 Å². The molecule has 0 bridgehead atoms. The van der Waals surface area contributed by atoms with Crippen molar-refractivity contribution in [3.63, 3.8) is 0 Å². The fourth-order valence-electron chi connectivity index (χ4n) is 6.09. The molecule has 1 heterocycles. The minimum Gasteiger partial charge on any atom is -0.457 e. The number of carbonyl (C=O) groups is 1. The molecule has 0 aromatic rings. The van der Waals surface area contributed by atoms with Crippen molar-refractivity contribution >= 4 is 5.97 Å².